The zero-order valence-corrected chi connectivity index (χ0v) is 13.5. The van der Waals surface area contributed by atoms with Gasteiger partial charge < -0.3 is 5.73 Å². The van der Waals surface area contributed by atoms with Gasteiger partial charge >= 0.3 is 0 Å². The van der Waals surface area contributed by atoms with Crippen LogP contribution in [0.3, 0.4) is 0 Å². The predicted octanol–water partition coefficient (Wildman–Crippen LogP) is 3.36. The monoisotopic (exact) mass is 353 g/mol. The number of aromatic nitrogens is 1. The highest BCUT2D eigenvalue weighted by atomic mass is 16.1. The van der Waals surface area contributed by atoms with Crippen LogP contribution in [0.15, 0.2) is 54.7 Å². The first kappa shape index (κ1) is 7.58. The van der Waals surface area contributed by atoms with Crippen molar-refractivity contribution in [2.45, 2.75) is 51.3 Å². The van der Waals surface area contributed by atoms with E-state index in [2.05, 4.69) is 4.98 Å². The van der Waals surface area contributed by atoms with E-state index in [-0.39, 0.29) is 16.2 Å². The Hall–Kier alpha value is -2.20. The third-order valence-electron chi connectivity index (χ3n) is 4.04. The van der Waals surface area contributed by atoms with Crippen molar-refractivity contribution in [2.75, 3.05) is 6.54 Å². The molecule has 2 rings (SSSR count). The molecule has 0 aliphatic rings. The maximum atomic E-state index is 13.1. The number of hydrogen-bond donors (Lipinski definition) is 1. The first-order chi connectivity index (χ1) is 17.5. The average molecular weight is 354 g/mol. The third kappa shape index (κ3) is 4.07. The van der Waals surface area contributed by atoms with Gasteiger partial charge in [-0.2, -0.15) is 0 Å². The first-order valence-corrected chi connectivity index (χ1v) is 7.54. The van der Waals surface area contributed by atoms with E-state index in [1.165, 1.54) is 36.5 Å². The van der Waals surface area contributed by atoms with Gasteiger partial charge in [0.25, 0.3) is 0 Å². The van der Waals surface area contributed by atoms with Gasteiger partial charge in [-0.15, -0.1) is 0 Å². The SMILES string of the molecule is [2H]C([2H])([2H])C([2H])(N(CCC(C(N)=O)(c1ccccc1)c1ccccn1)C([2H])(C([2H])([2H])[2H])C([2H])([2H])[2H])C([2H])([2H])[2H]. The van der Waals surface area contributed by atoms with E-state index in [9.17, 15) is 4.79 Å². The molecule has 0 bridgehead atoms. The van der Waals surface area contributed by atoms with Gasteiger partial charge in [0, 0.05) is 44.0 Å². The number of carbonyl (C=O) groups is 1. The van der Waals surface area contributed by atoms with E-state index in [0.717, 1.165) is 0 Å². The molecular weight excluding hydrogens is 310 g/mol. The molecule has 134 valence electrons. The highest BCUT2D eigenvalue weighted by Crippen LogP contribution is 2.35. The van der Waals surface area contributed by atoms with Gasteiger partial charge in [0.05, 0.1) is 5.69 Å². The molecule has 1 aromatic carbocycles. The van der Waals surface area contributed by atoms with Crippen molar-refractivity contribution < 1.29 is 24.0 Å². The van der Waals surface area contributed by atoms with Crippen molar-refractivity contribution in [3.8, 4) is 0 Å². The summed E-state index contributed by atoms with van der Waals surface area (Å²) in [4.78, 5) is 17.2. The van der Waals surface area contributed by atoms with Crippen LogP contribution >= 0.6 is 0 Å². The minimum atomic E-state index is -3.91. The standard InChI is InChI=1S/C21H29N3O/c1-16(2)24(17(3)4)15-13-21(20(22)25,18-10-6-5-7-11-18)19-12-8-9-14-23-19/h5-12,14,16-17H,13,15H2,1-4H3,(H2,22,25)/i1D3,2D3,3D3,4D3,16D,17D. The van der Waals surface area contributed by atoms with E-state index in [0.29, 0.717) is 0 Å². The van der Waals surface area contributed by atoms with Crippen molar-refractivity contribution in [1.82, 2.24) is 9.88 Å². The molecule has 4 heteroatoms. The van der Waals surface area contributed by atoms with E-state index < -0.39 is 63.7 Å². The van der Waals surface area contributed by atoms with Gasteiger partial charge in [-0.05, 0) is 51.5 Å². The molecular formula is C21H29N3O. The van der Waals surface area contributed by atoms with Crippen molar-refractivity contribution in [2.24, 2.45) is 5.73 Å². The molecule has 1 amide bonds. The summed E-state index contributed by atoms with van der Waals surface area (Å²) in [5.74, 6) is -1.05. The topological polar surface area (TPSA) is 59.2 Å². The molecule has 0 radical (unpaired) electrons. The Bertz CT molecular complexity index is 1020. The maximum absolute atomic E-state index is 13.1. The van der Waals surface area contributed by atoms with Gasteiger partial charge in [0.2, 0.25) is 5.91 Å². The Morgan fingerprint density at radius 2 is 1.80 bits per heavy atom. The molecule has 1 aromatic heterocycles. The van der Waals surface area contributed by atoms with Gasteiger partial charge in [0.1, 0.15) is 5.41 Å². The van der Waals surface area contributed by atoms with Crippen LogP contribution < -0.4 is 5.73 Å². The number of primary amides is 1. The third-order valence-corrected chi connectivity index (χ3v) is 4.04. The fourth-order valence-corrected chi connectivity index (χ4v) is 2.76. The lowest BCUT2D eigenvalue weighted by Gasteiger charge is -2.36. The largest absolute Gasteiger partial charge is 0.369 e. The number of pyridine rings is 1. The highest BCUT2D eigenvalue weighted by molar-refractivity contribution is 5.90. The van der Waals surface area contributed by atoms with Crippen LogP contribution in [0.1, 0.15) is 64.3 Å². The lowest BCUT2D eigenvalue weighted by molar-refractivity contribution is -0.122. The van der Waals surface area contributed by atoms with E-state index in [1.807, 2.05) is 0 Å². The van der Waals surface area contributed by atoms with Crippen LogP contribution in [-0.4, -0.2) is 34.4 Å². The van der Waals surface area contributed by atoms with Crippen LogP contribution in [0.2, 0.25) is 0 Å². The van der Waals surface area contributed by atoms with Crippen molar-refractivity contribution in [3.05, 3.63) is 66.0 Å². The molecule has 0 aliphatic heterocycles. The van der Waals surface area contributed by atoms with Gasteiger partial charge in [-0.3, -0.25) is 14.7 Å². The number of rotatable bonds is 8. The fraction of sp³-hybridized carbons (Fsp3) is 0.429. The van der Waals surface area contributed by atoms with Crippen molar-refractivity contribution in [1.29, 1.82) is 0 Å². The lowest BCUT2D eigenvalue weighted by atomic mass is 9.73. The maximum Gasteiger partial charge on any atom is 0.234 e. The number of nitrogens with zero attached hydrogens (tertiary/aromatic N) is 2. The summed E-state index contributed by atoms with van der Waals surface area (Å²) in [5.41, 5.74) is 4.10. The second kappa shape index (κ2) is 8.26. The van der Waals surface area contributed by atoms with E-state index >= 15 is 0 Å². The molecule has 0 saturated heterocycles. The summed E-state index contributed by atoms with van der Waals surface area (Å²) in [7, 11) is 0. The molecule has 1 atom stereocenters. The fourth-order valence-electron chi connectivity index (χ4n) is 2.76. The molecule has 0 fully saturated rings. The van der Waals surface area contributed by atoms with Gasteiger partial charge in [-0.25, -0.2) is 0 Å². The molecule has 1 unspecified atom stereocenters. The molecule has 1 heterocycles. The first-order valence-electron chi connectivity index (χ1n) is 14.5. The Balaban J connectivity index is 2.97. The number of benzene rings is 1. The summed E-state index contributed by atoms with van der Waals surface area (Å²) in [6.45, 7) is -16.5. The Labute approximate surface area is 170 Å². The smallest absolute Gasteiger partial charge is 0.234 e. The minimum absolute atomic E-state index is 0.0142. The summed E-state index contributed by atoms with van der Waals surface area (Å²) >= 11 is 0. The quantitative estimate of drug-likeness (QED) is 0.791. The zero-order chi connectivity index (χ0) is 30.3. The van der Waals surface area contributed by atoms with Crippen LogP contribution in [0.25, 0.3) is 0 Å². The molecule has 2 aromatic rings. The summed E-state index contributed by atoms with van der Waals surface area (Å²) in [6, 6.07) is 4.31. The van der Waals surface area contributed by atoms with E-state index in [1.54, 1.807) is 18.2 Å². The number of hydrogen-bond acceptors (Lipinski definition) is 3. The van der Waals surface area contributed by atoms with Crippen molar-refractivity contribution in [3.63, 3.8) is 0 Å². The average Bonchev–Trinajstić information content (AvgIpc) is 2.79. The molecule has 0 saturated carbocycles. The minimum Gasteiger partial charge on any atom is -0.369 e. The number of amides is 1. The predicted molar refractivity (Wildman–Crippen MR) is 102 cm³/mol. The summed E-state index contributed by atoms with van der Waals surface area (Å²) in [5, 5.41) is 0. The lowest BCUT2D eigenvalue weighted by Crippen LogP contribution is -2.47. The molecule has 4 nitrogen and oxygen atoms in total. The summed E-state index contributed by atoms with van der Waals surface area (Å²) < 4.78 is 112. The van der Waals surface area contributed by atoms with Crippen LogP contribution in [-0.2, 0) is 10.2 Å². The Kier molecular flexibility index (Phi) is 2.50. The molecule has 0 spiro atoms. The number of carbonyl (C=O) groups excluding carboxylic acids is 1. The van der Waals surface area contributed by atoms with Crippen LogP contribution in [0, 0.1) is 0 Å². The molecule has 2 N–H and O–H groups in total. The normalized spacial score (nSPS) is 25.2. The Morgan fingerprint density at radius 1 is 1.16 bits per heavy atom. The summed E-state index contributed by atoms with van der Waals surface area (Å²) in [6.07, 6.45) is 0.607. The molecule has 25 heavy (non-hydrogen) atoms. The van der Waals surface area contributed by atoms with Gasteiger partial charge in [0.15, 0.2) is 0 Å². The Morgan fingerprint density at radius 3 is 2.32 bits per heavy atom. The van der Waals surface area contributed by atoms with Crippen molar-refractivity contribution >= 4 is 5.91 Å². The highest BCUT2D eigenvalue weighted by Gasteiger charge is 2.42. The zero-order valence-electron chi connectivity index (χ0n) is 27.5. The second-order valence-electron chi connectivity index (χ2n) is 5.45. The molecule has 0 aliphatic carbocycles. The second-order valence-corrected chi connectivity index (χ2v) is 5.45. The van der Waals surface area contributed by atoms with E-state index in [4.69, 9.17) is 24.9 Å². The van der Waals surface area contributed by atoms with Crippen LogP contribution in [0.5, 0.6) is 0 Å². The van der Waals surface area contributed by atoms with Crippen LogP contribution in [0.4, 0.5) is 0 Å². The number of nitrogens with two attached hydrogens (primary N) is 1. The van der Waals surface area contributed by atoms with Gasteiger partial charge in [-0.1, -0.05) is 36.4 Å².